The molecule has 1 aromatic heterocycles. The molecule has 0 saturated heterocycles. The Hall–Kier alpha value is -1.59. The van der Waals surface area contributed by atoms with Crippen molar-refractivity contribution in [3.8, 4) is 0 Å². The predicted molar refractivity (Wildman–Crippen MR) is 90.4 cm³/mol. The standard InChI is InChI=1S/C15H17N3S2/c1-10-8-17-7-6-11(10)9-18-12-4-3-5-13(20-2)14(12)15(16)19/h3-8,18H,9H2,1-2H3,(H2,16,19). The maximum Gasteiger partial charge on any atom is 0.107 e. The van der Waals surface area contributed by atoms with Crippen molar-refractivity contribution < 1.29 is 0 Å². The third-order valence-corrected chi connectivity index (χ3v) is 4.08. The van der Waals surface area contributed by atoms with Crippen LogP contribution in [-0.2, 0) is 6.54 Å². The summed E-state index contributed by atoms with van der Waals surface area (Å²) in [5, 5.41) is 3.42. The van der Waals surface area contributed by atoms with Gasteiger partial charge in [-0.15, -0.1) is 11.8 Å². The van der Waals surface area contributed by atoms with E-state index in [1.807, 2.05) is 36.7 Å². The predicted octanol–water partition coefficient (Wildman–Crippen LogP) is 3.36. The average Bonchev–Trinajstić information content (AvgIpc) is 2.45. The number of hydrogen-bond donors (Lipinski definition) is 2. The van der Waals surface area contributed by atoms with Crippen LogP contribution in [0.3, 0.4) is 0 Å². The molecule has 0 aliphatic rings. The zero-order chi connectivity index (χ0) is 14.5. The summed E-state index contributed by atoms with van der Waals surface area (Å²) >= 11 is 6.82. The Morgan fingerprint density at radius 1 is 1.40 bits per heavy atom. The molecule has 104 valence electrons. The second kappa shape index (κ2) is 6.72. The Morgan fingerprint density at radius 2 is 2.20 bits per heavy atom. The number of nitrogens with two attached hydrogens (primary N) is 1. The third-order valence-electron chi connectivity index (χ3n) is 3.10. The van der Waals surface area contributed by atoms with Gasteiger partial charge in [-0.1, -0.05) is 18.3 Å². The van der Waals surface area contributed by atoms with E-state index in [0.717, 1.165) is 28.3 Å². The van der Waals surface area contributed by atoms with Crippen molar-refractivity contribution in [2.45, 2.75) is 18.4 Å². The van der Waals surface area contributed by atoms with Gasteiger partial charge in [-0.3, -0.25) is 4.98 Å². The van der Waals surface area contributed by atoms with Gasteiger partial charge in [-0.2, -0.15) is 0 Å². The summed E-state index contributed by atoms with van der Waals surface area (Å²) in [5.41, 5.74) is 10.1. The van der Waals surface area contributed by atoms with Gasteiger partial charge in [0.15, 0.2) is 0 Å². The lowest BCUT2D eigenvalue weighted by Crippen LogP contribution is -2.14. The molecule has 20 heavy (non-hydrogen) atoms. The van der Waals surface area contributed by atoms with Crippen LogP contribution < -0.4 is 11.1 Å². The number of aromatic nitrogens is 1. The minimum atomic E-state index is 0.420. The highest BCUT2D eigenvalue weighted by molar-refractivity contribution is 7.98. The lowest BCUT2D eigenvalue weighted by atomic mass is 10.1. The highest BCUT2D eigenvalue weighted by Crippen LogP contribution is 2.27. The van der Waals surface area contributed by atoms with Crippen molar-refractivity contribution in [3.63, 3.8) is 0 Å². The van der Waals surface area contributed by atoms with Crippen molar-refractivity contribution in [1.82, 2.24) is 4.98 Å². The first kappa shape index (κ1) is 14.8. The number of thioether (sulfide) groups is 1. The minimum absolute atomic E-state index is 0.420. The molecule has 0 bridgehead atoms. The maximum absolute atomic E-state index is 5.86. The van der Waals surface area contributed by atoms with Gasteiger partial charge in [0, 0.05) is 35.1 Å². The maximum atomic E-state index is 5.86. The van der Waals surface area contributed by atoms with Crippen molar-refractivity contribution in [3.05, 3.63) is 53.3 Å². The molecule has 0 atom stereocenters. The van der Waals surface area contributed by atoms with E-state index in [4.69, 9.17) is 18.0 Å². The van der Waals surface area contributed by atoms with Crippen LogP contribution in [0.5, 0.6) is 0 Å². The van der Waals surface area contributed by atoms with Gasteiger partial charge in [0.2, 0.25) is 0 Å². The lowest BCUT2D eigenvalue weighted by molar-refractivity contribution is 1.09. The summed E-state index contributed by atoms with van der Waals surface area (Å²) in [6.07, 6.45) is 5.69. The first-order valence-electron chi connectivity index (χ1n) is 6.23. The van der Waals surface area contributed by atoms with Crippen LogP contribution in [-0.4, -0.2) is 16.2 Å². The molecular weight excluding hydrogens is 286 g/mol. The molecule has 1 aromatic carbocycles. The quantitative estimate of drug-likeness (QED) is 0.655. The van der Waals surface area contributed by atoms with E-state index in [0.29, 0.717) is 4.99 Å². The number of rotatable bonds is 5. The van der Waals surface area contributed by atoms with Crippen LogP contribution in [0, 0.1) is 6.92 Å². The summed E-state index contributed by atoms with van der Waals surface area (Å²) < 4.78 is 0. The average molecular weight is 303 g/mol. The van der Waals surface area contributed by atoms with Crippen LogP contribution in [0.25, 0.3) is 0 Å². The molecule has 0 amide bonds. The van der Waals surface area contributed by atoms with E-state index in [-0.39, 0.29) is 0 Å². The van der Waals surface area contributed by atoms with Gasteiger partial charge < -0.3 is 11.1 Å². The number of nitrogens with one attached hydrogen (secondary N) is 1. The number of anilines is 1. The second-order valence-corrected chi connectivity index (χ2v) is 5.69. The molecule has 0 saturated carbocycles. The van der Waals surface area contributed by atoms with E-state index in [9.17, 15) is 0 Å². The highest BCUT2D eigenvalue weighted by Gasteiger charge is 2.10. The smallest absolute Gasteiger partial charge is 0.107 e. The molecule has 0 spiro atoms. The van der Waals surface area contributed by atoms with Crippen LogP contribution in [0.15, 0.2) is 41.6 Å². The van der Waals surface area contributed by atoms with E-state index < -0.39 is 0 Å². The third kappa shape index (κ3) is 3.29. The Bertz CT molecular complexity index is 626. The lowest BCUT2D eigenvalue weighted by Gasteiger charge is -2.15. The zero-order valence-electron chi connectivity index (χ0n) is 11.5. The normalized spacial score (nSPS) is 10.3. The fourth-order valence-corrected chi connectivity index (χ4v) is 2.92. The monoisotopic (exact) mass is 303 g/mol. The van der Waals surface area contributed by atoms with Crippen LogP contribution in [0.1, 0.15) is 16.7 Å². The van der Waals surface area contributed by atoms with E-state index in [1.54, 1.807) is 18.0 Å². The summed E-state index contributed by atoms with van der Waals surface area (Å²) in [7, 11) is 0. The van der Waals surface area contributed by atoms with E-state index >= 15 is 0 Å². The van der Waals surface area contributed by atoms with Gasteiger partial charge in [0.25, 0.3) is 0 Å². The fraction of sp³-hybridized carbons (Fsp3) is 0.200. The first-order chi connectivity index (χ1) is 9.63. The summed E-state index contributed by atoms with van der Waals surface area (Å²) in [6.45, 7) is 2.78. The highest BCUT2D eigenvalue weighted by atomic mass is 32.2. The van der Waals surface area contributed by atoms with Gasteiger partial charge in [0.1, 0.15) is 4.99 Å². The number of aryl methyl sites for hydroxylation is 1. The van der Waals surface area contributed by atoms with Crippen molar-refractivity contribution >= 4 is 34.7 Å². The molecule has 0 aliphatic heterocycles. The van der Waals surface area contributed by atoms with Gasteiger partial charge >= 0.3 is 0 Å². The molecule has 2 rings (SSSR count). The molecule has 5 heteroatoms. The second-order valence-electron chi connectivity index (χ2n) is 4.40. The Kier molecular flexibility index (Phi) is 4.98. The SMILES string of the molecule is CSc1cccc(NCc2ccncc2C)c1C(N)=S. The fourth-order valence-electron chi connectivity index (χ4n) is 1.99. The Labute approximate surface area is 129 Å². The van der Waals surface area contributed by atoms with Crippen molar-refractivity contribution in [2.75, 3.05) is 11.6 Å². The molecule has 0 aliphatic carbocycles. The van der Waals surface area contributed by atoms with Crippen molar-refractivity contribution in [2.24, 2.45) is 5.73 Å². The summed E-state index contributed by atoms with van der Waals surface area (Å²) in [6, 6.07) is 8.06. The van der Waals surface area contributed by atoms with Crippen molar-refractivity contribution in [1.29, 1.82) is 0 Å². The number of thiocarbonyl (C=S) groups is 1. The first-order valence-corrected chi connectivity index (χ1v) is 7.87. The van der Waals surface area contributed by atoms with Crippen LogP contribution >= 0.6 is 24.0 Å². The molecule has 0 fully saturated rings. The number of benzene rings is 1. The topological polar surface area (TPSA) is 50.9 Å². The summed E-state index contributed by atoms with van der Waals surface area (Å²) in [4.78, 5) is 5.61. The molecule has 3 nitrogen and oxygen atoms in total. The molecular formula is C15H17N3S2. The Balaban J connectivity index is 2.26. The van der Waals surface area contributed by atoms with Crippen LogP contribution in [0.2, 0.25) is 0 Å². The molecule has 3 N–H and O–H groups in total. The number of nitrogens with zero attached hydrogens (tertiary/aromatic N) is 1. The molecule has 1 heterocycles. The zero-order valence-corrected chi connectivity index (χ0v) is 13.1. The molecule has 0 radical (unpaired) electrons. The van der Waals surface area contributed by atoms with Gasteiger partial charge in [-0.25, -0.2) is 0 Å². The van der Waals surface area contributed by atoms with Gasteiger partial charge in [-0.05, 0) is 42.5 Å². The summed E-state index contributed by atoms with van der Waals surface area (Å²) in [5.74, 6) is 0. The van der Waals surface area contributed by atoms with E-state index in [1.165, 1.54) is 5.56 Å². The number of pyridine rings is 1. The minimum Gasteiger partial charge on any atom is -0.389 e. The molecule has 2 aromatic rings. The largest absolute Gasteiger partial charge is 0.389 e. The van der Waals surface area contributed by atoms with Crippen LogP contribution in [0.4, 0.5) is 5.69 Å². The number of hydrogen-bond acceptors (Lipinski definition) is 4. The Morgan fingerprint density at radius 3 is 2.85 bits per heavy atom. The van der Waals surface area contributed by atoms with E-state index in [2.05, 4.69) is 17.2 Å². The van der Waals surface area contributed by atoms with Gasteiger partial charge in [0.05, 0.1) is 0 Å². The molecule has 0 unspecified atom stereocenters.